The van der Waals surface area contributed by atoms with E-state index in [0.717, 1.165) is 0 Å². The van der Waals surface area contributed by atoms with Gasteiger partial charge in [-0.25, -0.2) is 9.78 Å². The van der Waals surface area contributed by atoms with Crippen molar-refractivity contribution in [1.82, 2.24) is 4.98 Å². The van der Waals surface area contributed by atoms with Crippen LogP contribution < -0.4 is 4.74 Å². The summed E-state index contributed by atoms with van der Waals surface area (Å²) in [6.45, 7) is 1.21. The van der Waals surface area contributed by atoms with Crippen LogP contribution in [0.1, 0.15) is 17.4 Å². The van der Waals surface area contributed by atoms with E-state index < -0.39 is 40.2 Å². The van der Waals surface area contributed by atoms with E-state index in [9.17, 15) is 32.5 Å². The maximum Gasteiger partial charge on any atom is 0.573 e. The van der Waals surface area contributed by atoms with Gasteiger partial charge in [0.1, 0.15) is 0 Å². The van der Waals surface area contributed by atoms with Crippen LogP contribution >= 0.6 is 0 Å². The molecule has 0 saturated heterocycles. The lowest BCUT2D eigenvalue weighted by molar-refractivity contribution is -0.391. The average Bonchev–Trinajstić information content (AvgIpc) is 2.26. The van der Waals surface area contributed by atoms with Crippen molar-refractivity contribution in [2.75, 3.05) is 6.61 Å². The molecule has 0 bridgehead atoms. The van der Waals surface area contributed by atoms with Crippen LogP contribution in [0, 0.1) is 15.9 Å². The second-order valence-electron chi connectivity index (χ2n) is 3.16. The van der Waals surface area contributed by atoms with Gasteiger partial charge in [-0.2, -0.15) is 4.39 Å². The molecule has 20 heavy (non-hydrogen) atoms. The van der Waals surface area contributed by atoms with Crippen molar-refractivity contribution >= 4 is 11.7 Å². The molecule has 0 radical (unpaired) electrons. The van der Waals surface area contributed by atoms with Gasteiger partial charge < -0.3 is 9.47 Å². The molecule has 1 rings (SSSR count). The third kappa shape index (κ3) is 3.52. The number of rotatable bonds is 4. The monoisotopic (exact) mass is 298 g/mol. The van der Waals surface area contributed by atoms with Gasteiger partial charge in [-0.1, -0.05) is 0 Å². The quantitative estimate of drug-likeness (QED) is 0.366. The van der Waals surface area contributed by atoms with Crippen molar-refractivity contribution in [2.24, 2.45) is 0 Å². The summed E-state index contributed by atoms with van der Waals surface area (Å²) >= 11 is 0. The predicted molar refractivity (Wildman–Crippen MR) is 53.5 cm³/mol. The minimum absolute atomic E-state index is 0.172. The summed E-state index contributed by atoms with van der Waals surface area (Å²) in [5, 5.41) is 10.6. The third-order valence-corrected chi connectivity index (χ3v) is 1.84. The molecular formula is C9H6F4N2O5. The van der Waals surface area contributed by atoms with Gasteiger partial charge in [0.25, 0.3) is 0 Å². The molecule has 0 fully saturated rings. The Labute approximate surface area is 108 Å². The second kappa shape index (κ2) is 5.67. The number of nitro groups is 1. The molecule has 0 N–H and O–H groups in total. The van der Waals surface area contributed by atoms with Gasteiger partial charge in [0.15, 0.2) is 5.69 Å². The summed E-state index contributed by atoms with van der Waals surface area (Å²) < 4.78 is 57.3. The maximum absolute atomic E-state index is 13.7. The van der Waals surface area contributed by atoms with Gasteiger partial charge in [-0.05, 0) is 6.92 Å². The lowest BCUT2D eigenvalue weighted by atomic mass is 10.3. The number of carbonyl (C=O) groups excluding carboxylic acids is 1. The summed E-state index contributed by atoms with van der Waals surface area (Å²) in [6, 6.07) is 0. The lowest BCUT2D eigenvalue weighted by Crippen LogP contribution is -2.19. The lowest BCUT2D eigenvalue weighted by Gasteiger charge is -2.10. The van der Waals surface area contributed by atoms with E-state index in [1.54, 1.807) is 0 Å². The molecular weight excluding hydrogens is 292 g/mol. The first-order chi connectivity index (χ1) is 9.17. The first-order valence-corrected chi connectivity index (χ1v) is 4.93. The van der Waals surface area contributed by atoms with Crippen LogP contribution in [0.5, 0.6) is 5.75 Å². The van der Waals surface area contributed by atoms with Crippen LogP contribution in [0.3, 0.4) is 0 Å². The number of hydrogen-bond donors (Lipinski definition) is 0. The standard InChI is InChI=1S/C9H6F4N2O5/c1-2-19-8(16)6-5(10)7(15(17)18)4(3-14-6)20-9(11,12)13/h3H,2H2,1H3. The molecule has 0 spiro atoms. The van der Waals surface area contributed by atoms with E-state index >= 15 is 0 Å². The van der Waals surface area contributed by atoms with Crippen LogP contribution in [0.4, 0.5) is 23.2 Å². The Hall–Kier alpha value is -2.46. The minimum atomic E-state index is -5.27. The Morgan fingerprint density at radius 2 is 2.10 bits per heavy atom. The normalized spacial score (nSPS) is 11.1. The van der Waals surface area contributed by atoms with Crippen molar-refractivity contribution in [1.29, 1.82) is 0 Å². The van der Waals surface area contributed by atoms with Crippen molar-refractivity contribution in [3.8, 4) is 5.75 Å². The molecule has 1 aromatic rings. The largest absolute Gasteiger partial charge is 0.573 e. The van der Waals surface area contributed by atoms with Crippen LogP contribution in [-0.2, 0) is 4.74 Å². The van der Waals surface area contributed by atoms with Crippen molar-refractivity contribution in [2.45, 2.75) is 13.3 Å². The average molecular weight is 298 g/mol. The van der Waals surface area contributed by atoms with Gasteiger partial charge in [0.2, 0.25) is 11.6 Å². The van der Waals surface area contributed by atoms with E-state index in [1.165, 1.54) is 6.92 Å². The molecule has 0 aliphatic carbocycles. The summed E-state index contributed by atoms with van der Waals surface area (Å²) in [6.07, 6.45) is -5.05. The number of esters is 1. The van der Waals surface area contributed by atoms with E-state index in [2.05, 4.69) is 14.5 Å². The van der Waals surface area contributed by atoms with Crippen LogP contribution in [0.15, 0.2) is 6.20 Å². The summed E-state index contributed by atoms with van der Waals surface area (Å²) in [5.74, 6) is -4.67. The molecule has 11 heteroatoms. The highest BCUT2D eigenvalue weighted by Gasteiger charge is 2.38. The van der Waals surface area contributed by atoms with E-state index in [1.807, 2.05) is 0 Å². The van der Waals surface area contributed by atoms with Crippen LogP contribution in [0.2, 0.25) is 0 Å². The number of nitrogens with zero attached hydrogens (tertiary/aromatic N) is 2. The van der Waals surface area contributed by atoms with Crippen molar-refractivity contribution in [3.63, 3.8) is 0 Å². The van der Waals surface area contributed by atoms with Crippen molar-refractivity contribution in [3.05, 3.63) is 27.8 Å². The van der Waals surface area contributed by atoms with Gasteiger partial charge in [-0.15, -0.1) is 13.2 Å². The predicted octanol–water partition coefficient (Wildman–Crippen LogP) is 2.20. The minimum Gasteiger partial charge on any atom is -0.461 e. The highest BCUT2D eigenvalue weighted by molar-refractivity contribution is 5.88. The topological polar surface area (TPSA) is 91.6 Å². The fraction of sp³-hybridized carbons (Fsp3) is 0.333. The smallest absolute Gasteiger partial charge is 0.461 e. The van der Waals surface area contributed by atoms with Crippen LogP contribution in [0.25, 0.3) is 0 Å². The number of pyridine rings is 1. The molecule has 0 saturated carbocycles. The van der Waals surface area contributed by atoms with Gasteiger partial charge in [-0.3, -0.25) is 10.1 Å². The second-order valence-corrected chi connectivity index (χ2v) is 3.16. The summed E-state index contributed by atoms with van der Waals surface area (Å²) in [4.78, 5) is 23.4. The van der Waals surface area contributed by atoms with Gasteiger partial charge in [0, 0.05) is 0 Å². The summed E-state index contributed by atoms with van der Waals surface area (Å²) in [7, 11) is 0. The van der Waals surface area contributed by atoms with E-state index in [0.29, 0.717) is 0 Å². The van der Waals surface area contributed by atoms with E-state index in [4.69, 9.17) is 0 Å². The maximum atomic E-state index is 13.7. The highest BCUT2D eigenvalue weighted by atomic mass is 19.4. The molecule has 0 aliphatic heterocycles. The Bertz CT molecular complexity index is 546. The molecule has 110 valence electrons. The van der Waals surface area contributed by atoms with Crippen LogP contribution in [-0.4, -0.2) is 28.8 Å². The number of carbonyl (C=O) groups is 1. The molecule has 0 unspecified atom stereocenters. The molecule has 7 nitrogen and oxygen atoms in total. The molecule has 0 atom stereocenters. The zero-order valence-corrected chi connectivity index (χ0v) is 9.73. The summed E-state index contributed by atoms with van der Waals surface area (Å²) in [5.41, 5.74) is -2.76. The molecule has 1 aromatic heterocycles. The fourth-order valence-corrected chi connectivity index (χ4v) is 1.17. The molecule has 0 aromatic carbocycles. The zero-order chi connectivity index (χ0) is 15.5. The Morgan fingerprint density at radius 3 is 2.55 bits per heavy atom. The van der Waals surface area contributed by atoms with Gasteiger partial charge in [0.05, 0.1) is 17.7 Å². The fourth-order valence-electron chi connectivity index (χ4n) is 1.17. The SMILES string of the molecule is CCOC(=O)c1ncc(OC(F)(F)F)c([N+](=O)[O-])c1F. The highest BCUT2D eigenvalue weighted by Crippen LogP contribution is 2.34. The number of halogens is 4. The Balaban J connectivity index is 3.34. The van der Waals surface area contributed by atoms with E-state index in [-0.39, 0.29) is 12.8 Å². The number of hydrogen-bond acceptors (Lipinski definition) is 6. The zero-order valence-electron chi connectivity index (χ0n) is 9.73. The first kappa shape index (κ1) is 15.6. The number of ether oxygens (including phenoxy) is 2. The number of alkyl halides is 3. The number of aromatic nitrogens is 1. The van der Waals surface area contributed by atoms with Gasteiger partial charge >= 0.3 is 18.0 Å². The molecule has 0 amide bonds. The first-order valence-electron chi connectivity index (χ1n) is 4.93. The van der Waals surface area contributed by atoms with Crippen molar-refractivity contribution < 1.29 is 36.8 Å². The molecule has 1 heterocycles. The molecule has 0 aliphatic rings. The third-order valence-electron chi connectivity index (χ3n) is 1.84. The Morgan fingerprint density at radius 1 is 1.50 bits per heavy atom. The Kier molecular flexibility index (Phi) is 4.42.